The van der Waals surface area contributed by atoms with Crippen molar-refractivity contribution in [1.82, 2.24) is 20.3 Å². The third-order valence-corrected chi connectivity index (χ3v) is 6.45. The van der Waals surface area contributed by atoms with Crippen LogP contribution in [-0.2, 0) is 9.47 Å². The van der Waals surface area contributed by atoms with Gasteiger partial charge in [0.1, 0.15) is 18.0 Å². The van der Waals surface area contributed by atoms with Crippen LogP contribution in [0.4, 0.5) is 11.6 Å². The third kappa shape index (κ3) is 6.85. The summed E-state index contributed by atoms with van der Waals surface area (Å²) >= 11 is 0. The van der Waals surface area contributed by atoms with Gasteiger partial charge in [0.2, 0.25) is 0 Å². The summed E-state index contributed by atoms with van der Waals surface area (Å²) in [6, 6.07) is 7.16. The highest BCUT2D eigenvalue weighted by Crippen LogP contribution is 2.25. The quantitative estimate of drug-likeness (QED) is 0.485. The van der Waals surface area contributed by atoms with Gasteiger partial charge in [0.15, 0.2) is 0 Å². The molecule has 0 spiro atoms. The Balaban J connectivity index is 1.30. The van der Waals surface area contributed by atoms with E-state index in [0.29, 0.717) is 18.0 Å². The normalized spacial score (nSPS) is 21.9. The minimum atomic E-state index is 0.451. The van der Waals surface area contributed by atoms with Crippen molar-refractivity contribution in [3.63, 3.8) is 0 Å². The number of hydrogen-bond donors (Lipinski definition) is 3. The summed E-state index contributed by atoms with van der Waals surface area (Å²) in [5, 5.41) is 10.7. The van der Waals surface area contributed by atoms with Crippen molar-refractivity contribution >= 4 is 11.6 Å². The van der Waals surface area contributed by atoms with Crippen molar-refractivity contribution in [3.8, 4) is 11.3 Å². The molecule has 8 heteroatoms. The van der Waals surface area contributed by atoms with Crippen LogP contribution in [-0.4, -0.2) is 67.1 Å². The molecular formula is C24H36N6O2. The third-order valence-electron chi connectivity index (χ3n) is 6.45. The lowest BCUT2D eigenvalue weighted by Gasteiger charge is -2.30. The van der Waals surface area contributed by atoms with Crippen molar-refractivity contribution in [3.05, 3.63) is 30.7 Å². The fourth-order valence-electron chi connectivity index (χ4n) is 4.50. The van der Waals surface area contributed by atoms with E-state index in [4.69, 9.17) is 9.47 Å². The van der Waals surface area contributed by atoms with Crippen LogP contribution in [0.25, 0.3) is 11.3 Å². The number of anilines is 2. The van der Waals surface area contributed by atoms with Crippen molar-refractivity contribution in [2.75, 3.05) is 50.7 Å². The second kappa shape index (κ2) is 12.1. The highest BCUT2D eigenvalue weighted by Gasteiger charge is 2.21. The second-order valence-corrected chi connectivity index (χ2v) is 8.79. The topological polar surface area (TPSA) is 93.2 Å². The molecule has 174 valence electrons. The molecule has 4 rings (SSSR count). The summed E-state index contributed by atoms with van der Waals surface area (Å²) in [7, 11) is 1.75. The molecule has 32 heavy (non-hydrogen) atoms. The predicted octanol–water partition coefficient (Wildman–Crippen LogP) is 3.34. The van der Waals surface area contributed by atoms with E-state index in [-0.39, 0.29) is 0 Å². The molecule has 0 unspecified atom stereocenters. The average Bonchev–Trinajstić information content (AvgIpc) is 2.85. The first-order valence-electron chi connectivity index (χ1n) is 11.9. The van der Waals surface area contributed by atoms with Gasteiger partial charge in [-0.05, 0) is 56.6 Å². The fraction of sp³-hybridized carbons (Fsp3) is 0.625. The molecule has 8 nitrogen and oxygen atoms in total. The average molecular weight is 441 g/mol. The Bertz CT molecular complexity index is 822. The monoisotopic (exact) mass is 440 g/mol. The zero-order valence-corrected chi connectivity index (χ0v) is 19.1. The van der Waals surface area contributed by atoms with Gasteiger partial charge < -0.3 is 25.4 Å². The molecule has 0 aromatic carbocycles. The molecule has 0 amide bonds. The molecule has 0 radical (unpaired) electrons. The molecule has 3 heterocycles. The predicted molar refractivity (Wildman–Crippen MR) is 127 cm³/mol. The Morgan fingerprint density at radius 1 is 0.969 bits per heavy atom. The maximum absolute atomic E-state index is 5.45. The number of aromatic nitrogens is 3. The van der Waals surface area contributed by atoms with Crippen molar-refractivity contribution in [2.24, 2.45) is 5.92 Å². The van der Waals surface area contributed by atoms with Crippen LogP contribution in [0.2, 0.25) is 0 Å². The van der Waals surface area contributed by atoms with E-state index in [2.05, 4.69) is 37.0 Å². The Kier molecular flexibility index (Phi) is 8.64. The second-order valence-electron chi connectivity index (χ2n) is 8.79. The minimum Gasteiger partial charge on any atom is -0.383 e. The van der Waals surface area contributed by atoms with Crippen LogP contribution < -0.4 is 16.0 Å². The molecule has 1 aliphatic heterocycles. The maximum Gasteiger partial charge on any atom is 0.130 e. The summed E-state index contributed by atoms with van der Waals surface area (Å²) in [6.07, 6.45) is 10.3. The first-order chi connectivity index (χ1) is 15.8. The number of rotatable bonds is 10. The minimum absolute atomic E-state index is 0.451. The fourth-order valence-corrected chi connectivity index (χ4v) is 4.50. The van der Waals surface area contributed by atoms with Gasteiger partial charge in [0.05, 0.1) is 12.3 Å². The van der Waals surface area contributed by atoms with Gasteiger partial charge in [-0.2, -0.15) is 0 Å². The molecular weight excluding hydrogens is 404 g/mol. The molecule has 3 N–H and O–H groups in total. The molecule has 2 fully saturated rings. The van der Waals surface area contributed by atoms with E-state index >= 15 is 0 Å². The first kappa shape index (κ1) is 22.9. The van der Waals surface area contributed by atoms with E-state index in [1.807, 2.05) is 18.3 Å². The standard InChI is InChI=1S/C24H36N6O2/c1-31-13-10-25-20-2-4-21(5-3-20)30-24-15-22(28-17-29-24)19-6-9-26-23(14-19)27-16-18-7-11-32-12-8-18/h6,9,14-15,17-18,20-21,25H,2-5,7-8,10-13,16H2,1H3,(H,26,27)(H,28,29,30). The summed E-state index contributed by atoms with van der Waals surface area (Å²) in [4.78, 5) is 13.4. The van der Waals surface area contributed by atoms with Crippen molar-refractivity contribution < 1.29 is 9.47 Å². The van der Waals surface area contributed by atoms with Crippen molar-refractivity contribution in [2.45, 2.75) is 50.6 Å². The number of methoxy groups -OCH3 is 1. The van der Waals surface area contributed by atoms with E-state index in [1.165, 1.54) is 12.8 Å². The van der Waals surface area contributed by atoms with Gasteiger partial charge in [0.25, 0.3) is 0 Å². The van der Waals surface area contributed by atoms with Crippen LogP contribution in [0, 0.1) is 5.92 Å². The summed E-state index contributed by atoms with van der Waals surface area (Å²) in [5.74, 6) is 2.43. The van der Waals surface area contributed by atoms with Gasteiger partial charge in [-0.15, -0.1) is 0 Å². The van der Waals surface area contributed by atoms with Crippen LogP contribution >= 0.6 is 0 Å². The Morgan fingerprint density at radius 2 is 1.78 bits per heavy atom. The molecule has 1 saturated carbocycles. The lowest BCUT2D eigenvalue weighted by Crippen LogP contribution is -2.38. The summed E-state index contributed by atoms with van der Waals surface area (Å²) in [6.45, 7) is 4.35. The van der Waals surface area contributed by atoms with E-state index in [0.717, 1.165) is 81.5 Å². The lowest BCUT2D eigenvalue weighted by atomic mass is 9.91. The smallest absolute Gasteiger partial charge is 0.130 e. The van der Waals surface area contributed by atoms with Gasteiger partial charge >= 0.3 is 0 Å². The summed E-state index contributed by atoms with van der Waals surface area (Å²) < 4.78 is 10.6. The highest BCUT2D eigenvalue weighted by molar-refractivity contribution is 5.65. The Hall–Kier alpha value is -2.29. The number of nitrogens with one attached hydrogen (secondary N) is 3. The van der Waals surface area contributed by atoms with Crippen LogP contribution in [0.3, 0.4) is 0 Å². The molecule has 2 aromatic heterocycles. The van der Waals surface area contributed by atoms with E-state index in [1.54, 1.807) is 13.4 Å². The highest BCUT2D eigenvalue weighted by atomic mass is 16.5. The zero-order chi connectivity index (χ0) is 22.0. The Labute approximate surface area is 190 Å². The molecule has 0 bridgehead atoms. The Morgan fingerprint density at radius 3 is 2.59 bits per heavy atom. The van der Waals surface area contributed by atoms with Gasteiger partial charge in [-0.1, -0.05) is 0 Å². The van der Waals surface area contributed by atoms with Crippen LogP contribution in [0.5, 0.6) is 0 Å². The van der Waals surface area contributed by atoms with E-state index < -0.39 is 0 Å². The lowest BCUT2D eigenvalue weighted by molar-refractivity contribution is 0.0699. The van der Waals surface area contributed by atoms with Crippen LogP contribution in [0.1, 0.15) is 38.5 Å². The maximum atomic E-state index is 5.45. The van der Waals surface area contributed by atoms with Gasteiger partial charge in [-0.25, -0.2) is 15.0 Å². The summed E-state index contributed by atoms with van der Waals surface area (Å²) in [5.41, 5.74) is 1.96. The number of ether oxygens (including phenoxy) is 2. The zero-order valence-electron chi connectivity index (χ0n) is 19.1. The van der Waals surface area contributed by atoms with Crippen molar-refractivity contribution in [1.29, 1.82) is 0 Å². The molecule has 0 atom stereocenters. The van der Waals surface area contributed by atoms with Gasteiger partial charge in [-0.3, -0.25) is 0 Å². The number of hydrogen-bond acceptors (Lipinski definition) is 8. The molecule has 2 aromatic rings. The molecule has 1 saturated heterocycles. The molecule has 2 aliphatic rings. The van der Waals surface area contributed by atoms with E-state index in [9.17, 15) is 0 Å². The van der Waals surface area contributed by atoms with Gasteiger partial charge in [0, 0.05) is 63.3 Å². The molecule has 1 aliphatic carbocycles. The largest absolute Gasteiger partial charge is 0.383 e. The number of pyridine rings is 1. The number of nitrogens with zero attached hydrogens (tertiary/aromatic N) is 3. The SMILES string of the molecule is COCCNC1CCC(Nc2cc(-c3ccnc(NCC4CCOCC4)c3)ncn2)CC1. The first-order valence-corrected chi connectivity index (χ1v) is 11.9. The van der Waals surface area contributed by atoms with Crippen LogP contribution in [0.15, 0.2) is 30.7 Å².